The van der Waals surface area contributed by atoms with E-state index in [1.165, 1.54) is 12.1 Å². The number of benzene rings is 3. The molecule has 0 fully saturated rings. The highest BCUT2D eigenvalue weighted by Gasteiger charge is 2.19. The van der Waals surface area contributed by atoms with Gasteiger partial charge in [-0.2, -0.15) is 4.98 Å². The molecule has 0 radical (unpaired) electrons. The van der Waals surface area contributed by atoms with Crippen LogP contribution in [0.3, 0.4) is 0 Å². The normalized spacial score (nSPS) is 11.8. The van der Waals surface area contributed by atoms with E-state index in [1.807, 2.05) is 54.6 Å². The van der Waals surface area contributed by atoms with E-state index in [-0.39, 0.29) is 22.2 Å². The number of hydrogen-bond donors (Lipinski definition) is 1. The predicted octanol–water partition coefficient (Wildman–Crippen LogP) is 4.40. The Hall–Kier alpha value is -3.12. The van der Waals surface area contributed by atoms with Gasteiger partial charge >= 0.3 is 4.87 Å². The van der Waals surface area contributed by atoms with Gasteiger partial charge in [-0.05, 0) is 35.9 Å². The summed E-state index contributed by atoms with van der Waals surface area (Å²) in [7, 11) is -3.86. The summed E-state index contributed by atoms with van der Waals surface area (Å²) >= 11 is 4.41. The zero-order chi connectivity index (χ0) is 23.7. The molecule has 5 rings (SSSR count). The Balaban J connectivity index is 1.34. The molecular weight excluding hydrogens is 540 g/mol. The fourth-order valence-corrected chi connectivity index (χ4v) is 5.85. The van der Waals surface area contributed by atoms with Crippen LogP contribution < -0.4 is 9.60 Å². The van der Waals surface area contributed by atoms with Gasteiger partial charge in [0.25, 0.3) is 0 Å². The van der Waals surface area contributed by atoms with Gasteiger partial charge in [-0.3, -0.25) is 9.36 Å². The number of halogens is 1. The van der Waals surface area contributed by atoms with Crippen molar-refractivity contribution < 1.29 is 12.9 Å². The number of thiazole rings is 1. The third kappa shape index (κ3) is 4.73. The van der Waals surface area contributed by atoms with E-state index in [0.29, 0.717) is 22.6 Å². The summed E-state index contributed by atoms with van der Waals surface area (Å²) in [5.41, 5.74) is 2.42. The molecule has 0 aliphatic rings. The lowest BCUT2D eigenvalue weighted by molar-refractivity contribution is 0.376. The lowest BCUT2D eigenvalue weighted by Gasteiger charge is -2.06. The molecular formula is C23H17BrN4O4S2. The average Bonchev–Trinajstić information content (AvgIpc) is 3.43. The van der Waals surface area contributed by atoms with Crippen molar-refractivity contribution in [3.8, 4) is 11.4 Å². The predicted molar refractivity (Wildman–Crippen MR) is 133 cm³/mol. The zero-order valence-electron chi connectivity index (χ0n) is 17.5. The molecule has 0 unspecified atom stereocenters. The van der Waals surface area contributed by atoms with E-state index in [1.54, 1.807) is 10.6 Å². The minimum Gasteiger partial charge on any atom is -0.338 e. The number of hydrogen-bond acceptors (Lipinski definition) is 7. The van der Waals surface area contributed by atoms with Gasteiger partial charge in [0.2, 0.25) is 21.7 Å². The second-order valence-electron chi connectivity index (χ2n) is 7.42. The van der Waals surface area contributed by atoms with Crippen molar-refractivity contribution in [1.29, 1.82) is 0 Å². The van der Waals surface area contributed by atoms with Crippen molar-refractivity contribution in [2.45, 2.75) is 18.0 Å². The first kappa shape index (κ1) is 22.7. The molecule has 0 saturated heterocycles. The Morgan fingerprint density at radius 1 is 1.03 bits per heavy atom. The van der Waals surface area contributed by atoms with Crippen molar-refractivity contribution in [1.82, 2.24) is 19.4 Å². The van der Waals surface area contributed by atoms with Crippen LogP contribution in [0.5, 0.6) is 0 Å². The van der Waals surface area contributed by atoms with E-state index < -0.39 is 10.0 Å². The van der Waals surface area contributed by atoms with E-state index in [2.05, 4.69) is 30.8 Å². The molecule has 3 aromatic carbocycles. The minimum atomic E-state index is -3.86. The van der Waals surface area contributed by atoms with Crippen molar-refractivity contribution in [3.05, 3.63) is 98.4 Å². The highest BCUT2D eigenvalue weighted by molar-refractivity contribution is 9.10. The van der Waals surface area contributed by atoms with Crippen LogP contribution in [-0.4, -0.2) is 23.1 Å². The number of nitrogens with zero attached hydrogens (tertiary/aromatic N) is 3. The van der Waals surface area contributed by atoms with Gasteiger partial charge in [-0.15, -0.1) is 0 Å². The molecule has 172 valence electrons. The third-order valence-corrected chi connectivity index (χ3v) is 7.93. The van der Waals surface area contributed by atoms with E-state index in [9.17, 15) is 13.2 Å². The van der Waals surface area contributed by atoms with Gasteiger partial charge in [0.1, 0.15) is 0 Å². The standard InChI is InChI=1S/C23H17BrN4O4S2/c24-17-8-4-7-16(11-17)22-26-21(32-27-22)13-25-34(30,31)18-9-10-19-20(12-18)33-23(29)28(19)14-15-5-2-1-3-6-15/h1-12,25H,13-14H2. The van der Waals surface area contributed by atoms with E-state index >= 15 is 0 Å². The largest absolute Gasteiger partial charge is 0.338 e. The van der Waals surface area contributed by atoms with E-state index in [0.717, 1.165) is 26.9 Å². The highest BCUT2D eigenvalue weighted by Crippen LogP contribution is 2.23. The highest BCUT2D eigenvalue weighted by atomic mass is 79.9. The number of rotatable bonds is 7. The van der Waals surface area contributed by atoms with E-state index in [4.69, 9.17) is 4.52 Å². The molecule has 0 bridgehead atoms. The van der Waals surface area contributed by atoms with Crippen molar-refractivity contribution in [2.24, 2.45) is 0 Å². The maximum Gasteiger partial charge on any atom is 0.308 e. The summed E-state index contributed by atoms with van der Waals surface area (Å²) in [4.78, 5) is 16.7. The van der Waals surface area contributed by atoms with Crippen LogP contribution in [-0.2, 0) is 23.1 Å². The Kier molecular flexibility index (Phi) is 6.17. The monoisotopic (exact) mass is 556 g/mol. The first-order valence-electron chi connectivity index (χ1n) is 10.1. The van der Waals surface area contributed by atoms with Crippen LogP contribution in [0.2, 0.25) is 0 Å². The average molecular weight is 557 g/mol. The molecule has 1 N–H and O–H groups in total. The number of sulfonamides is 1. The molecule has 0 saturated carbocycles. The minimum absolute atomic E-state index is 0.0554. The summed E-state index contributed by atoms with van der Waals surface area (Å²) in [5, 5.41) is 3.91. The lowest BCUT2D eigenvalue weighted by atomic mass is 10.2. The van der Waals surface area contributed by atoms with Gasteiger partial charge in [-0.25, -0.2) is 13.1 Å². The first-order chi connectivity index (χ1) is 16.4. The molecule has 0 spiro atoms. The molecule has 0 atom stereocenters. The summed E-state index contributed by atoms with van der Waals surface area (Å²) in [5.74, 6) is 0.500. The fraction of sp³-hybridized carbons (Fsp3) is 0.0870. The van der Waals surface area contributed by atoms with Gasteiger partial charge in [0.15, 0.2) is 0 Å². The van der Waals surface area contributed by atoms with Crippen LogP contribution >= 0.6 is 27.3 Å². The van der Waals surface area contributed by atoms with Crippen LogP contribution in [0.15, 0.2) is 91.5 Å². The van der Waals surface area contributed by atoms with Crippen molar-refractivity contribution in [3.63, 3.8) is 0 Å². The van der Waals surface area contributed by atoms with Crippen LogP contribution in [0.4, 0.5) is 0 Å². The Morgan fingerprint density at radius 3 is 2.65 bits per heavy atom. The maximum absolute atomic E-state index is 12.9. The van der Waals surface area contributed by atoms with Crippen LogP contribution in [0, 0.1) is 0 Å². The zero-order valence-corrected chi connectivity index (χ0v) is 20.7. The Bertz CT molecular complexity index is 1640. The molecule has 0 amide bonds. The smallest absolute Gasteiger partial charge is 0.308 e. The van der Waals surface area contributed by atoms with Crippen LogP contribution in [0.25, 0.3) is 21.6 Å². The SMILES string of the molecule is O=c1sc2cc(S(=O)(=O)NCc3nc(-c4cccc(Br)c4)no3)ccc2n1Cc1ccccc1. The lowest BCUT2D eigenvalue weighted by Crippen LogP contribution is -2.23. The summed E-state index contributed by atoms with van der Waals surface area (Å²) in [6, 6.07) is 21.7. The summed E-state index contributed by atoms with van der Waals surface area (Å²) < 4.78 is 36.5. The Labute approximate surface area is 207 Å². The van der Waals surface area contributed by atoms with Gasteiger partial charge < -0.3 is 4.52 Å². The van der Waals surface area contributed by atoms with Gasteiger partial charge in [-0.1, -0.05) is 74.9 Å². The summed E-state index contributed by atoms with van der Waals surface area (Å²) in [6.45, 7) is 0.258. The third-order valence-electron chi connectivity index (χ3n) is 5.10. The molecule has 2 aromatic heterocycles. The van der Waals surface area contributed by atoms with Gasteiger partial charge in [0.05, 0.1) is 28.2 Å². The van der Waals surface area contributed by atoms with Crippen molar-refractivity contribution >= 4 is 47.5 Å². The molecule has 34 heavy (non-hydrogen) atoms. The topological polar surface area (TPSA) is 107 Å². The number of nitrogens with one attached hydrogen (secondary N) is 1. The Morgan fingerprint density at radius 2 is 1.85 bits per heavy atom. The molecule has 0 aliphatic carbocycles. The quantitative estimate of drug-likeness (QED) is 0.318. The molecule has 2 heterocycles. The molecule has 8 nitrogen and oxygen atoms in total. The fourth-order valence-electron chi connectivity index (χ4n) is 3.44. The molecule has 5 aromatic rings. The van der Waals surface area contributed by atoms with Crippen LogP contribution in [0.1, 0.15) is 11.5 Å². The second kappa shape index (κ2) is 9.26. The molecule has 0 aliphatic heterocycles. The number of aromatic nitrogens is 3. The second-order valence-corrected chi connectivity index (χ2v) is 11.1. The maximum atomic E-state index is 12.9. The summed E-state index contributed by atoms with van der Waals surface area (Å²) in [6.07, 6.45) is 0. The molecule has 11 heteroatoms. The first-order valence-corrected chi connectivity index (χ1v) is 13.2. The van der Waals surface area contributed by atoms with Crippen molar-refractivity contribution in [2.75, 3.05) is 0 Å². The van der Waals surface area contributed by atoms with Gasteiger partial charge in [0, 0.05) is 10.0 Å². The number of fused-ring (bicyclic) bond motifs is 1.